The number of benzene rings is 1. The van der Waals surface area contributed by atoms with Crippen molar-refractivity contribution >= 4 is 0 Å². The Kier molecular flexibility index (Phi) is 4.63. The van der Waals surface area contributed by atoms with E-state index in [1.807, 2.05) is 30.1 Å². The van der Waals surface area contributed by atoms with Gasteiger partial charge in [-0.2, -0.15) is 5.10 Å². The third kappa shape index (κ3) is 4.13. The van der Waals surface area contributed by atoms with Crippen molar-refractivity contribution in [3.05, 3.63) is 53.3 Å². The number of nitrogens with zero attached hydrogens (tertiary/aromatic N) is 2. The Hall–Kier alpha value is -1.75. The summed E-state index contributed by atoms with van der Waals surface area (Å²) in [7, 11) is 0. The van der Waals surface area contributed by atoms with Gasteiger partial charge >= 0.3 is 0 Å². The maximum Gasteiger partial charge on any atom is 0.263 e. The van der Waals surface area contributed by atoms with Crippen molar-refractivity contribution in [2.24, 2.45) is 0 Å². The molecule has 0 amide bonds. The van der Waals surface area contributed by atoms with E-state index in [1.54, 1.807) is 6.07 Å². The molecule has 1 N–H and O–H groups in total. The number of hydrogen-bond acceptors (Lipinski definition) is 2. The second-order valence-corrected chi connectivity index (χ2v) is 4.50. The first kappa shape index (κ1) is 13.7. The fraction of sp³-hybridized carbons (Fsp3) is 0.357. The van der Waals surface area contributed by atoms with Crippen LogP contribution in [0.25, 0.3) is 0 Å². The van der Waals surface area contributed by atoms with Crippen LogP contribution in [0.1, 0.15) is 23.1 Å². The molecule has 0 fully saturated rings. The largest absolute Gasteiger partial charge is 0.311 e. The summed E-state index contributed by atoms with van der Waals surface area (Å²) in [5.74, 6) is 0. The van der Waals surface area contributed by atoms with Gasteiger partial charge < -0.3 is 5.32 Å². The molecule has 0 aliphatic heterocycles. The molecule has 1 aromatic heterocycles. The maximum atomic E-state index is 12.5. The number of aryl methyl sites for hydroxylation is 1. The van der Waals surface area contributed by atoms with Gasteiger partial charge in [0.2, 0.25) is 0 Å². The van der Waals surface area contributed by atoms with Crippen LogP contribution >= 0.6 is 0 Å². The maximum absolute atomic E-state index is 12.5. The second-order valence-electron chi connectivity index (χ2n) is 4.50. The highest BCUT2D eigenvalue weighted by molar-refractivity contribution is 5.24. The lowest BCUT2D eigenvalue weighted by molar-refractivity contribution is 0.151. The van der Waals surface area contributed by atoms with Gasteiger partial charge in [0.05, 0.1) is 12.7 Å². The summed E-state index contributed by atoms with van der Waals surface area (Å²) < 4.78 is 26.9. The summed E-state index contributed by atoms with van der Waals surface area (Å²) in [6.07, 6.45) is 1.37. The van der Waals surface area contributed by atoms with Gasteiger partial charge in [-0.25, -0.2) is 8.78 Å². The number of hydrogen-bond donors (Lipinski definition) is 1. The molecular weight excluding hydrogens is 248 g/mol. The van der Waals surface area contributed by atoms with Crippen LogP contribution in [-0.2, 0) is 13.1 Å². The Morgan fingerprint density at radius 1 is 1.37 bits per heavy atom. The predicted molar refractivity (Wildman–Crippen MR) is 70.1 cm³/mol. The average molecular weight is 265 g/mol. The average Bonchev–Trinajstić information content (AvgIpc) is 2.81. The highest BCUT2D eigenvalue weighted by Gasteiger charge is 2.06. The minimum Gasteiger partial charge on any atom is -0.311 e. The summed E-state index contributed by atoms with van der Waals surface area (Å²) in [6.45, 7) is 4.09. The molecule has 0 aliphatic rings. The molecule has 0 atom stereocenters. The zero-order chi connectivity index (χ0) is 13.7. The van der Waals surface area contributed by atoms with Crippen molar-refractivity contribution in [3.8, 4) is 0 Å². The fourth-order valence-corrected chi connectivity index (χ4v) is 1.85. The fourth-order valence-electron chi connectivity index (χ4n) is 1.85. The van der Waals surface area contributed by atoms with Gasteiger partial charge in [-0.05, 0) is 24.1 Å². The standard InChI is InChI=1S/C14H17F2N3/c1-11-8-18-19(10-11)6-5-17-9-12-3-2-4-13(7-12)14(15)16/h2-4,7-8,10,14,17H,5-6,9H2,1H3. The van der Waals surface area contributed by atoms with Crippen LogP contribution in [0, 0.1) is 6.92 Å². The van der Waals surface area contributed by atoms with Crippen LogP contribution in [0.4, 0.5) is 8.78 Å². The number of halogens is 2. The van der Waals surface area contributed by atoms with Gasteiger partial charge in [0, 0.05) is 24.8 Å². The van der Waals surface area contributed by atoms with Gasteiger partial charge in [0.25, 0.3) is 6.43 Å². The summed E-state index contributed by atoms with van der Waals surface area (Å²) in [5.41, 5.74) is 2.07. The summed E-state index contributed by atoms with van der Waals surface area (Å²) >= 11 is 0. The van der Waals surface area contributed by atoms with Crippen LogP contribution in [0.3, 0.4) is 0 Å². The van der Waals surface area contributed by atoms with Crippen molar-refractivity contribution in [3.63, 3.8) is 0 Å². The van der Waals surface area contributed by atoms with E-state index in [1.165, 1.54) is 12.1 Å². The lowest BCUT2D eigenvalue weighted by Crippen LogP contribution is -2.19. The topological polar surface area (TPSA) is 29.9 Å². The van der Waals surface area contributed by atoms with E-state index in [0.717, 1.165) is 24.2 Å². The van der Waals surface area contributed by atoms with Gasteiger partial charge in [0.1, 0.15) is 0 Å². The molecule has 0 aliphatic carbocycles. The Balaban J connectivity index is 1.78. The van der Waals surface area contributed by atoms with Crippen LogP contribution in [0.15, 0.2) is 36.7 Å². The van der Waals surface area contributed by atoms with E-state index in [2.05, 4.69) is 10.4 Å². The quantitative estimate of drug-likeness (QED) is 0.814. The molecule has 5 heteroatoms. The van der Waals surface area contributed by atoms with E-state index in [9.17, 15) is 8.78 Å². The molecule has 3 nitrogen and oxygen atoms in total. The van der Waals surface area contributed by atoms with Gasteiger partial charge in [-0.3, -0.25) is 4.68 Å². The van der Waals surface area contributed by atoms with Crippen molar-refractivity contribution in [2.75, 3.05) is 6.54 Å². The summed E-state index contributed by atoms with van der Waals surface area (Å²) in [5, 5.41) is 7.39. The van der Waals surface area contributed by atoms with E-state index in [-0.39, 0.29) is 5.56 Å². The van der Waals surface area contributed by atoms with Crippen molar-refractivity contribution < 1.29 is 8.78 Å². The molecule has 2 aromatic rings. The zero-order valence-corrected chi connectivity index (χ0v) is 10.8. The SMILES string of the molecule is Cc1cnn(CCNCc2cccc(C(F)F)c2)c1. The van der Waals surface area contributed by atoms with Gasteiger partial charge in [-0.1, -0.05) is 18.2 Å². The molecule has 0 saturated carbocycles. The lowest BCUT2D eigenvalue weighted by atomic mass is 10.1. The molecule has 0 bridgehead atoms. The molecule has 1 aromatic carbocycles. The molecule has 0 spiro atoms. The third-order valence-electron chi connectivity index (χ3n) is 2.81. The smallest absolute Gasteiger partial charge is 0.263 e. The molecule has 19 heavy (non-hydrogen) atoms. The zero-order valence-electron chi connectivity index (χ0n) is 10.8. The second kappa shape index (κ2) is 6.43. The number of nitrogens with one attached hydrogen (secondary N) is 1. The van der Waals surface area contributed by atoms with E-state index in [0.29, 0.717) is 6.54 Å². The highest BCUT2D eigenvalue weighted by Crippen LogP contribution is 2.19. The highest BCUT2D eigenvalue weighted by atomic mass is 19.3. The summed E-state index contributed by atoms with van der Waals surface area (Å²) in [6, 6.07) is 6.49. The molecule has 2 rings (SSSR count). The van der Waals surface area contributed by atoms with Gasteiger partial charge in [-0.15, -0.1) is 0 Å². The van der Waals surface area contributed by atoms with E-state index >= 15 is 0 Å². The first-order valence-corrected chi connectivity index (χ1v) is 6.22. The normalized spacial score (nSPS) is 11.2. The van der Waals surface area contributed by atoms with E-state index < -0.39 is 6.43 Å². The van der Waals surface area contributed by atoms with Crippen LogP contribution in [0.5, 0.6) is 0 Å². The number of alkyl halides is 2. The first-order valence-electron chi connectivity index (χ1n) is 6.22. The Morgan fingerprint density at radius 3 is 2.89 bits per heavy atom. The Morgan fingerprint density at radius 2 is 2.21 bits per heavy atom. The minimum absolute atomic E-state index is 0.0713. The predicted octanol–water partition coefficient (Wildman–Crippen LogP) is 2.92. The Bertz CT molecular complexity index is 523. The molecule has 0 unspecified atom stereocenters. The van der Waals surface area contributed by atoms with Crippen LogP contribution in [-0.4, -0.2) is 16.3 Å². The van der Waals surface area contributed by atoms with Crippen molar-refractivity contribution in [1.82, 2.24) is 15.1 Å². The third-order valence-corrected chi connectivity index (χ3v) is 2.81. The molecule has 0 saturated heterocycles. The van der Waals surface area contributed by atoms with Crippen LogP contribution in [0.2, 0.25) is 0 Å². The van der Waals surface area contributed by atoms with Gasteiger partial charge in [0.15, 0.2) is 0 Å². The molecule has 102 valence electrons. The lowest BCUT2D eigenvalue weighted by Gasteiger charge is -2.07. The number of rotatable bonds is 6. The van der Waals surface area contributed by atoms with Crippen LogP contribution < -0.4 is 5.32 Å². The van der Waals surface area contributed by atoms with E-state index in [4.69, 9.17) is 0 Å². The minimum atomic E-state index is -2.41. The summed E-state index contributed by atoms with van der Waals surface area (Å²) in [4.78, 5) is 0. The van der Waals surface area contributed by atoms with Crippen molar-refractivity contribution in [1.29, 1.82) is 0 Å². The number of aromatic nitrogens is 2. The van der Waals surface area contributed by atoms with Crippen molar-refractivity contribution in [2.45, 2.75) is 26.4 Å². The molecule has 0 radical (unpaired) electrons. The first-order chi connectivity index (χ1) is 9.15. The Labute approximate surface area is 111 Å². The molecule has 1 heterocycles. The molecular formula is C14H17F2N3. The monoisotopic (exact) mass is 265 g/mol.